The van der Waals surface area contributed by atoms with Gasteiger partial charge in [0.15, 0.2) is 0 Å². The number of benzene rings is 3. The van der Waals surface area contributed by atoms with Crippen LogP contribution in [-0.2, 0) is 12.8 Å². The Bertz CT molecular complexity index is 1440. The molecule has 1 amide bonds. The molecule has 6 nitrogen and oxygen atoms in total. The van der Waals surface area contributed by atoms with Crippen LogP contribution in [0.15, 0.2) is 72.8 Å². The number of halogens is 3. The largest absolute Gasteiger partial charge is 0.497 e. The van der Waals surface area contributed by atoms with Crippen LogP contribution in [0.3, 0.4) is 0 Å². The Balaban J connectivity index is 1.53. The van der Waals surface area contributed by atoms with Crippen molar-refractivity contribution in [2.45, 2.75) is 26.6 Å². The van der Waals surface area contributed by atoms with Crippen molar-refractivity contribution in [3.05, 3.63) is 101 Å². The van der Waals surface area contributed by atoms with E-state index >= 15 is 0 Å². The number of carbonyl (C=O) groups is 1. The number of anilines is 1. The molecule has 3 aromatic carbocycles. The van der Waals surface area contributed by atoms with Gasteiger partial charge in [-0.05, 0) is 61.9 Å². The normalized spacial score (nSPS) is 11.2. The van der Waals surface area contributed by atoms with Gasteiger partial charge in [0.1, 0.15) is 23.9 Å². The number of rotatable bonds is 8. The second kappa shape index (κ2) is 10.9. The average Bonchev–Trinajstić information content (AvgIpc) is 3.20. The Morgan fingerprint density at radius 3 is 2.21 bits per heavy atom. The molecule has 0 aliphatic heterocycles. The van der Waals surface area contributed by atoms with E-state index in [1.54, 1.807) is 64.5 Å². The number of para-hydroxylation sites is 1. The average molecular weight is 525 g/mol. The molecule has 0 radical (unpaired) electrons. The number of nitrogens with one attached hydrogen (secondary N) is 1. The van der Waals surface area contributed by atoms with Gasteiger partial charge in [0, 0.05) is 29.2 Å². The van der Waals surface area contributed by atoms with Crippen LogP contribution < -0.4 is 19.5 Å². The zero-order valence-electron chi connectivity index (χ0n) is 21.3. The lowest BCUT2D eigenvalue weighted by molar-refractivity contribution is -0.137. The van der Waals surface area contributed by atoms with Crippen molar-refractivity contribution in [1.82, 2.24) is 4.57 Å². The van der Waals surface area contributed by atoms with Gasteiger partial charge in [0.25, 0.3) is 5.91 Å². The molecular weight excluding hydrogens is 497 g/mol. The van der Waals surface area contributed by atoms with Crippen molar-refractivity contribution >= 4 is 11.6 Å². The van der Waals surface area contributed by atoms with E-state index in [0.717, 1.165) is 11.6 Å². The molecule has 0 spiro atoms. The Kier molecular flexibility index (Phi) is 7.66. The van der Waals surface area contributed by atoms with Crippen molar-refractivity contribution in [2.75, 3.05) is 19.5 Å². The fourth-order valence-corrected chi connectivity index (χ4v) is 4.25. The van der Waals surface area contributed by atoms with Crippen LogP contribution in [0.25, 0.3) is 5.69 Å². The number of alkyl halides is 3. The van der Waals surface area contributed by atoms with E-state index in [0.29, 0.717) is 34.3 Å². The molecule has 38 heavy (non-hydrogen) atoms. The molecule has 1 heterocycles. The van der Waals surface area contributed by atoms with E-state index in [9.17, 15) is 18.0 Å². The molecule has 1 N–H and O–H groups in total. The molecule has 4 aromatic rings. The number of carbonyl (C=O) groups excluding carboxylic acids is 1. The minimum absolute atomic E-state index is 0.0291. The van der Waals surface area contributed by atoms with Crippen molar-refractivity contribution in [3.8, 4) is 22.9 Å². The zero-order chi connectivity index (χ0) is 27.4. The lowest BCUT2D eigenvalue weighted by Crippen LogP contribution is -2.15. The second-order valence-electron chi connectivity index (χ2n) is 8.63. The number of hydrogen-bond donors (Lipinski definition) is 1. The van der Waals surface area contributed by atoms with Gasteiger partial charge >= 0.3 is 6.18 Å². The fourth-order valence-electron chi connectivity index (χ4n) is 4.25. The van der Waals surface area contributed by atoms with Crippen LogP contribution in [0.4, 0.5) is 18.9 Å². The predicted octanol–water partition coefficient (Wildman–Crippen LogP) is 6.96. The van der Waals surface area contributed by atoms with Crippen molar-refractivity contribution in [3.63, 3.8) is 0 Å². The first kappa shape index (κ1) is 26.7. The molecule has 198 valence electrons. The summed E-state index contributed by atoms with van der Waals surface area (Å²) >= 11 is 0. The quantitative estimate of drug-likeness (QED) is 0.271. The molecule has 0 unspecified atom stereocenters. The molecule has 0 fully saturated rings. The van der Waals surface area contributed by atoms with Gasteiger partial charge in [0.2, 0.25) is 0 Å². The summed E-state index contributed by atoms with van der Waals surface area (Å²) in [5.74, 6) is 1.36. The smallest absolute Gasteiger partial charge is 0.418 e. The summed E-state index contributed by atoms with van der Waals surface area (Å²) in [7, 11) is 3.14. The van der Waals surface area contributed by atoms with Crippen molar-refractivity contribution < 1.29 is 32.2 Å². The van der Waals surface area contributed by atoms with Crippen molar-refractivity contribution in [1.29, 1.82) is 0 Å². The standard InChI is InChI=1S/C29H27F3N2O4/c1-18-12-25(19(2)34(18)27-11-6-5-10-26(27)29(30,31)32)28(35)33-21-8-7-9-22(15-21)38-17-20-13-23(36-3)16-24(14-20)37-4/h5-16H,17H2,1-4H3,(H,33,35). The summed E-state index contributed by atoms with van der Waals surface area (Å²) in [6.07, 6.45) is -4.53. The van der Waals surface area contributed by atoms with Crippen LogP contribution in [0.2, 0.25) is 0 Å². The van der Waals surface area contributed by atoms with E-state index in [2.05, 4.69) is 5.32 Å². The van der Waals surface area contributed by atoms with E-state index in [4.69, 9.17) is 14.2 Å². The maximum absolute atomic E-state index is 13.6. The highest BCUT2D eigenvalue weighted by atomic mass is 19.4. The molecular formula is C29H27F3N2O4. The molecule has 0 aliphatic carbocycles. The predicted molar refractivity (Wildman–Crippen MR) is 139 cm³/mol. The zero-order valence-corrected chi connectivity index (χ0v) is 21.3. The molecule has 0 saturated heterocycles. The topological polar surface area (TPSA) is 61.7 Å². The van der Waals surface area contributed by atoms with Crippen LogP contribution in [0, 0.1) is 13.8 Å². The van der Waals surface area contributed by atoms with Crippen LogP contribution in [-0.4, -0.2) is 24.7 Å². The first-order valence-electron chi connectivity index (χ1n) is 11.7. The molecule has 0 atom stereocenters. The molecule has 4 rings (SSSR count). The van der Waals surface area contributed by atoms with Crippen molar-refractivity contribution in [2.24, 2.45) is 0 Å². The van der Waals surface area contributed by atoms with Gasteiger partial charge in [0.05, 0.1) is 31.0 Å². The fraction of sp³-hybridized carbons (Fsp3) is 0.207. The SMILES string of the molecule is COc1cc(COc2cccc(NC(=O)c3cc(C)n(-c4ccccc4C(F)(F)F)c3C)c2)cc(OC)c1. The lowest BCUT2D eigenvalue weighted by Gasteiger charge is -2.17. The van der Waals surface area contributed by atoms with E-state index in [1.165, 1.54) is 22.8 Å². The summed E-state index contributed by atoms with van der Waals surface area (Å²) in [5, 5.41) is 2.82. The third kappa shape index (κ3) is 5.77. The van der Waals surface area contributed by atoms with Gasteiger partial charge < -0.3 is 24.1 Å². The lowest BCUT2D eigenvalue weighted by atomic mass is 10.1. The van der Waals surface area contributed by atoms with E-state index in [1.807, 2.05) is 12.1 Å². The monoisotopic (exact) mass is 524 g/mol. The summed E-state index contributed by atoms with van der Waals surface area (Å²) in [5.41, 5.74) is 1.70. The summed E-state index contributed by atoms with van der Waals surface area (Å²) in [6.45, 7) is 3.53. The number of nitrogens with zero attached hydrogens (tertiary/aromatic N) is 1. The molecule has 9 heteroatoms. The summed E-state index contributed by atoms with van der Waals surface area (Å²) in [6, 6.07) is 19.2. The summed E-state index contributed by atoms with van der Waals surface area (Å²) in [4.78, 5) is 13.1. The Morgan fingerprint density at radius 1 is 0.868 bits per heavy atom. The number of aryl methyl sites for hydroxylation is 1. The number of hydrogen-bond acceptors (Lipinski definition) is 4. The maximum atomic E-state index is 13.6. The highest BCUT2D eigenvalue weighted by molar-refractivity contribution is 6.05. The first-order chi connectivity index (χ1) is 18.1. The van der Waals surface area contributed by atoms with Crippen LogP contribution >= 0.6 is 0 Å². The minimum atomic E-state index is -4.53. The second-order valence-corrected chi connectivity index (χ2v) is 8.63. The highest BCUT2D eigenvalue weighted by Gasteiger charge is 2.34. The number of methoxy groups -OCH3 is 2. The van der Waals surface area contributed by atoms with Gasteiger partial charge in [-0.25, -0.2) is 0 Å². The number of ether oxygens (including phenoxy) is 3. The molecule has 0 aliphatic rings. The maximum Gasteiger partial charge on any atom is 0.418 e. The van der Waals surface area contributed by atoms with Crippen LogP contribution in [0.1, 0.15) is 32.9 Å². The van der Waals surface area contributed by atoms with E-state index in [-0.39, 0.29) is 17.9 Å². The number of aromatic nitrogens is 1. The summed E-state index contributed by atoms with van der Waals surface area (Å²) < 4.78 is 58.8. The van der Waals surface area contributed by atoms with E-state index < -0.39 is 17.6 Å². The minimum Gasteiger partial charge on any atom is -0.497 e. The van der Waals surface area contributed by atoms with Gasteiger partial charge in [-0.2, -0.15) is 13.2 Å². The first-order valence-corrected chi connectivity index (χ1v) is 11.7. The van der Waals surface area contributed by atoms with Gasteiger partial charge in [-0.3, -0.25) is 4.79 Å². The molecule has 1 aromatic heterocycles. The highest BCUT2D eigenvalue weighted by Crippen LogP contribution is 2.35. The number of amides is 1. The third-order valence-corrected chi connectivity index (χ3v) is 6.03. The van der Waals surface area contributed by atoms with Gasteiger partial charge in [-0.1, -0.05) is 18.2 Å². The Morgan fingerprint density at radius 2 is 1.55 bits per heavy atom. The van der Waals surface area contributed by atoms with Crippen LogP contribution in [0.5, 0.6) is 17.2 Å². The van der Waals surface area contributed by atoms with Gasteiger partial charge in [-0.15, -0.1) is 0 Å². The Hall–Kier alpha value is -4.40. The third-order valence-electron chi connectivity index (χ3n) is 6.03. The molecule has 0 saturated carbocycles. The molecule has 0 bridgehead atoms. The Labute approximate surface area is 218 Å².